The smallest absolute Gasteiger partial charge is 0.274 e. The Balaban J connectivity index is 1.86. The van der Waals surface area contributed by atoms with Crippen molar-refractivity contribution in [3.05, 3.63) is 29.5 Å². The number of carbonyl (C=O) groups excluding carboxylic acids is 2. The number of benzene rings is 1. The molecular formula is C16H19N3O2S. The summed E-state index contributed by atoms with van der Waals surface area (Å²) in [5.74, 6) is -0.170. The van der Waals surface area contributed by atoms with Crippen molar-refractivity contribution in [3.63, 3.8) is 0 Å². The van der Waals surface area contributed by atoms with Gasteiger partial charge in [-0.05, 0) is 43.4 Å². The molecule has 1 saturated heterocycles. The Hall–Kier alpha value is -1.95. The average Bonchev–Trinajstić information content (AvgIpc) is 2.96. The molecule has 0 spiro atoms. The van der Waals surface area contributed by atoms with Crippen LogP contribution in [0.3, 0.4) is 0 Å². The van der Waals surface area contributed by atoms with Crippen molar-refractivity contribution in [2.24, 2.45) is 5.92 Å². The molecule has 6 heteroatoms. The molecule has 0 saturated carbocycles. The van der Waals surface area contributed by atoms with Crippen LogP contribution in [-0.4, -0.2) is 41.2 Å². The fourth-order valence-electron chi connectivity index (χ4n) is 2.94. The van der Waals surface area contributed by atoms with E-state index in [4.69, 9.17) is 0 Å². The predicted octanol–water partition coefficient (Wildman–Crippen LogP) is 2.20. The maximum atomic E-state index is 12.8. The standard InChI is InChI=1S/C16H19N3O2S/c1-10-5-6-13-12(8-10)14(18-22-13)16(21)19-7-3-4-11(9-19)15(20)17-2/h5-6,8,11H,3-4,7,9H2,1-2H3,(H,17,20). The number of likely N-dealkylation sites (tertiary alicyclic amines) is 1. The van der Waals surface area contributed by atoms with E-state index in [1.165, 1.54) is 11.5 Å². The summed E-state index contributed by atoms with van der Waals surface area (Å²) in [6.45, 7) is 3.17. The van der Waals surface area contributed by atoms with Crippen molar-refractivity contribution < 1.29 is 9.59 Å². The van der Waals surface area contributed by atoms with Crippen LogP contribution in [0.1, 0.15) is 28.9 Å². The molecule has 116 valence electrons. The average molecular weight is 317 g/mol. The second kappa shape index (κ2) is 6.04. The molecule has 0 aliphatic carbocycles. The first kappa shape index (κ1) is 15.0. The molecule has 22 heavy (non-hydrogen) atoms. The minimum absolute atomic E-state index is 0.0106. The summed E-state index contributed by atoms with van der Waals surface area (Å²) in [5, 5.41) is 3.59. The van der Waals surface area contributed by atoms with E-state index in [1.807, 2.05) is 25.1 Å². The van der Waals surface area contributed by atoms with Crippen molar-refractivity contribution >= 4 is 33.4 Å². The molecule has 0 bridgehead atoms. The highest BCUT2D eigenvalue weighted by Gasteiger charge is 2.30. The van der Waals surface area contributed by atoms with Gasteiger partial charge in [0.2, 0.25) is 5.91 Å². The van der Waals surface area contributed by atoms with E-state index in [-0.39, 0.29) is 17.7 Å². The Morgan fingerprint density at radius 3 is 3.00 bits per heavy atom. The molecule has 1 aromatic carbocycles. The monoisotopic (exact) mass is 317 g/mol. The first-order chi connectivity index (χ1) is 10.6. The first-order valence-corrected chi connectivity index (χ1v) is 8.24. The van der Waals surface area contributed by atoms with Gasteiger partial charge >= 0.3 is 0 Å². The summed E-state index contributed by atoms with van der Waals surface area (Å²) in [5.41, 5.74) is 1.63. The number of rotatable bonds is 2. The quantitative estimate of drug-likeness (QED) is 0.923. The van der Waals surface area contributed by atoms with Crippen LogP contribution in [-0.2, 0) is 4.79 Å². The fourth-order valence-corrected chi connectivity index (χ4v) is 3.69. The molecule has 3 rings (SSSR count). The number of hydrogen-bond donors (Lipinski definition) is 1. The number of aromatic nitrogens is 1. The molecule has 0 radical (unpaired) electrons. The third kappa shape index (κ3) is 2.70. The fraction of sp³-hybridized carbons (Fsp3) is 0.438. The molecule has 2 amide bonds. The van der Waals surface area contributed by atoms with E-state index in [1.54, 1.807) is 11.9 Å². The maximum Gasteiger partial charge on any atom is 0.274 e. The number of hydrogen-bond acceptors (Lipinski definition) is 4. The summed E-state index contributed by atoms with van der Waals surface area (Å²) < 4.78 is 5.37. The van der Waals surface area contributed by atoms with E-state index in [2.05, 4.69) is 9.69 Å². The Morgan fingerprint density at radius 1 is 1.41 bits per heavy atom. The van der Waals surface area contributed by atoms with Gasteiger partial charge < -0.3 is 10.2 Å². The number of nitrogens with zero attached hydrogens (tertiary/aromatic N) is 2. The van der Waals surface area contributed by atoms with Gasteiger partial charge in [-0.1, -0.05) is 11.6 Å². The van der Waals surface area contributed by atoms with Crippen molar-refractivity contribution in [1.29, 1.82) is 0 Å². The molecule has 1 aliphatic rings. The molecule has 1 atom stereocenters. The van der Waals surface area contributed by atoms with Gasteiger partial charge in [0.05, 0.1) is 10.6 Å². The molecular weight excluding hydrogens is 298 g/mol. The van der Waals surface area contributed by atoms with E-state index >= 15 is 0 Å². The van der Waals surface area contributed by atoms with Gasteiger partial charge in [-0.15, -0.1) is 0 Å². The number of fused-ring (bicyclic) bond motifs is 1. The number of aryl methyl sites for hydroxylation is 1. The molecule has 1 aromatic heterocycles. The van der Waals surface area contributed by atoms with Crippen LogP contribution in [0.15, 0.2) is 18.2 Å². The summed E-state index contributed by atoms with van der Waals surface area (Å²) >= 11 is 1.35. The third-order valence-corrected chi connectivity index (χ3v) is 4.98. The second-order valence-electron chi connectivity index (χ2n) is 5.74. The van der Waals surface area contributed by atoms with Crippen molar-refractivity contribution in [1.82, 2.24) is 14.6 Å². The maximum absolute atomic E-state index is 12.8. The number of carbonyl (C=O) groups is 2. The lowest BCUT2D eigenvalue weighted by Crippen LogP contribution is -2.44. The zero-order valence-corrected chi connectivity index (χ0v) is 13.6. The van der Waals surface area contributed by atoms with E-state index in [9.17, 15) is 9.59 Å². The number of amides is 2. The van der Waals surface area contributed by atoms with Crippen LogP contribution < -0.4 is 5.32 Å². The lowest BCUT2D eigenvalue weighted by Gasteiger charge is -2.31. The van der Waals surface area contributed by atoms with Gasteiger partial charge in [-0.25, -0.2) is 0 Å². The van der Waals surface area contributed by atoms with Crippen LogP contribution in [0, 0.1) is 12.8 Å². The van der Waals surface area contributed by atoms with Gasteiger partial charge in [0.25, 0.3) is 5.91 Å². The molecule has 1 unspecified atom stereocenters. The summed E-state index contributed by atoms with van der Waals surface area (Å²) in [4.78, 5) is 26.4. The largest absolute Gasteiger partial charge is 0.359 e. The van der Waals surface area contributed by atoms with Gasteiger partial charge in [0.1, 0.15) is 5.69 Å². The van der Waals surface area contributed by atoms with Crippen molar-refractivity contribution in [2.45, 2.75) is 19.8 Å². The lowest BCUT2D eigenvalue weighted by atomic mass is 9.97. The third-order valence-electron chi connectivity index (χ3n) is 4.15. The summed E-state index contributed by atoms with van der Waals surface area (Å²) in [6.07, 6.45) is 1.69. The molecule has 1 aliphatic heterocycles. The highest BCUT2D eigenvalue weighted by Crippen LogP contribution is 2.26. The van der Waals surface area contributed by atoms with Gasteiger partial charge in [-0.2, -0.15) is 4.37 Å². The number of piperidine rings is 1. The second-order valence-corrected chi connectivity index (χ2v) is 6.54. The summed E-state index contributed by atoms with van der Waals surface area (Å²) in [7, 11) is 1.64. The van der Waals surface area contributed by atoms with Crippen LogP contribution >= 0.6 is 11.5 Å². The zero-order valence-electron chi connectivity index (χ0n) is 12.8. The summed E-state index contributed by atoms with van der Waals surface area (Å²) in [6, 6.07) is 6.03. The highest BCUT2D eigenvalue weighted by molar-refractivity contribution is 7.13. The SMILES string of the molecule is CNC(=O)C1CCCN(C(=O)c2nsc3ccc(C)cc23)C1. The van der Waals surface area contributed by atoms with Crippen LogP contribution in [0.4, 0.5) is 0 Å². The Kier molecular flexibility index (Phi) is 4.11. The van der Waals surface area contributed by atoms with Crippen molar-refractivity contribution in [2.75, 3.05) is 20.1 Å². The minimum Gasteiger partial charge on any atom is -0.359 e. The molecule has 2 heterocycles. The van der Waals surface area contributed by atoms with Gasteiger partial charge in [0.15, 0.2) is 0 Å². The topological polar surface area (TPSA) is 62.3 Å². The molecule has 5 nitrogen and oxygen atoms in total. The normalized spacial score (nSPS) is 18.5. The minimum atomic E-state index is -0.116. The van der Waals surface area contributed by atoms with Crippen LogP contribution in [0.25, 0.3) is 10.1 Å². The Bertz CT molecular complexity index is 725. The first-order valence-electron chi connectivity index (χ1n) is 7.47. The number of nitrogens with one attached hydrogen (secondary N) is 1. The zero-order chi connectivity index (χ0) is 15.7. The van der Waals surface area contributed by atoms with E-state index in [0.717, 1.165) is 28.5 Å². The lowest BCUT2D eigenvalue weighted by molar-refractivity contribution is -0.125. The van der Waals surface area contributed by atoms with E-state index in [0.29, 0.717) is 18.8 Å². The van der Waals surface area contributed by atoms with E-state index < -0.39 is 0 Å². The molecule has 1 fully saturated rings. The molecule has 1 N–H and O–H groups in total. The predicted molar refractivity (Wildman–Crippen MR) is 87.1 cm³/mol. The Labute approximate surface area is 133 Å². The highest BCUT2D eigenvalue weighted by atomic mass is 32.1. The Morgan fingerprint density at radius 2 is 2.23 bits per heavy atom. The van der Waals surface area contributed by atoms with Gasteiger partial charge in [-0.3, -0.25) is 9.59 Å². The van der Waals surface area contributed by atoms with Crippen LogP contribution in [0.5, 0.6) is 0 Å². The van der Waals surface area contributed by atoms with Crippen LogP contribution in [0.2, 0.25) is 0 Å². The molecule has 2 aromatic rings. The van der Waals surface area contributed by atoms with Gasteiger partial charge in [0, 0.05) is 25.5 Å². The van der Waals surface area contributed by atoms with Crippen molar-refractivity contribution in [3.8, 4) is 0 Å².